The summed E-state index contributed by atoms with van der Waals surface area (Å²) in [6.07, 6.45) is 0.877. The van der Waals surface area contributed by atoms with Crippen LogP contribution in [0.15, 0.2) is 78.0 Å². The van der Waals surface area contributed by atoms with Gasteiger partial charge in [0.1, 0.15) is 5.69 Å². The number of nitrogens with zero attached hydrogens (tertiary/aromatic N) is 7. The summed E-state index contributed by atoms with van der Waals surface area (Å²) in [6, 6.07) is 14.8. The normalized spacial score (nSPS) is 14.7. The molecule has 1 aliphatic rings. The van der Waals surface area contributed by atoms with Crippen LogP contribution in [0.4, 0.5) is 13.2 Å². The highest BCUT2D eigenvalue weighted by atomic mass is 19.4. The smallest absolute Gasteiger partial charge is 0.337 e. The highest BCUT2D eigenvalue weighted by Crippen LogP contribution is 2.30. The number of alkyl halides is 3. The van der Waals surface area contributed by atoms with E-state index < -0.39 is 11.9 Å². The molecular formula is C28H24F3N7O2. The van der Waals surface area contributed by atoms with Crippen LogP contribution in [0.1, 0.15) is 35.1 Å². The molecule has 1 fully saturated rings. The minimum absolute atomic E-state index is 0.0502. The maximum Gasteiger partial charge on any atom is 0.433 e. The fourth-order valence-electron chi connectivity index (χ4n) is 5.25. The van der Waals surface area contributed by atoms with E-state index in [0.717, 1.165) is 23.3 Å². The van der Waals surface area contributed by atoms with Gasteiger partial charge in [0.2, 0.25) is 0 Å². The van der Waals surface area contributed by atoms with Gasteiger partial charge in [0.25, 0.3) is 5.91 Å². The molecule has 5 heterocycles. The van der Waals surface area contributed by atoms with Crippen LogP contribution in [0.5, 0.6) is 0 Å². The van der Waals surface area contributed by atoms with Crippen molar-refractivity contribution in [2.75, 3.05) is 13.1 Å². The quantitative estimate of drug-likeness (QED) is 0.331. The van der Waals surface area contributed by atoms with E-state index in [2.05, 4.69) is 15.1 Å². The molecule has 5 aromatic rings. The molecule has 0 aliphatic carbocycles. The van der Waals surface area contributed by atoms with Crippen molar-refractivity contribution < 1.29 is 18.0 Å². The van der Waals surface area contributed by atoms with Crippen LogP contribution in [0.2, 0.25) is 0 Å². The zero-order chi connectivity index (χ0) is 28.0. The van der Waals surface area contributed by atoms with Crippen molar-refractivity contribution in [1.29, 1.82) is 0 Å². The molecule has 1 aromatic carbocycles. The van der Waals surface area contributed by atoms with Crippen molar-refractivity contribution in [2.24, 2.45) is 7.05 Å². The number of carbonyl (C=O) groups excluding carboxylic acids is 1. The number of halogens is 3. The highest BCUT2D eigenvalue weighted by Gasteiger charge is 2.33. The summed E-state index contributed by atoms with van der Waals surface area (Å²) in [6.45, 7) is 0.858. The third-order valence-corrected chi connectivity index (χ3v) is 7.30. The van der Waals surface area contributed by atoms with Crippen LogP contribution in [-0.2, 0) is 13.2 Å². The Bertz CT molecular complexity index is 1750. The Morgan fingerprint density at radius 2 is 1.68 bits per heavy atom. The van der Waals surface area contributed by atoms with Gasteiger partial charge in [-0.2, -0.15) is 18.3 Å². The fourth-order valence-corrected chi connectivity index (χ4v) is 5.25. The third kappa shape index (κ3) is 4.44. The van der Waals surface area contributed by atoms with Crippen molar-refractivity contribution in [2.45, 2.75) is 25.1 Å². The van der Waals surface area contributed by atoms with E-state index in [9.17, 15) is 22.8 Å². The summed E-state index contributed by atoms with van der Waals surface area (Å²) in [5.41, 5.74) is 2.28. The van der Waals surface area contributed by atoms with Crippen LogP contribution in [0.3, 0.4) is 0 Å². The average Bonchev–Trinajstić information content (AvgIpc) is 3.53. The van der Waals surface area contributed by atoms with Crippen LogP contribution in [-0.4, -0.2) is 52.8 Å². The lowest BCUT2D eigenvalue weighted by atomic mass is 10.0. The Hall–Kier alpha value is -4.74. The molecule has 0 spiro atoms. The number of rotatable bonds is 4. The van der Waals surface area contributed by atoms with E-state index in [4.69, 9.17) is 0 Å². The number of hydrogen-bond acceptors (Lipinski definition) is 5. The van der Waals surface area contributed by atoms with E-state index in [1.807, 2.05) is 28.8 Å². The molecule has 12 heteroatoms. The molecule has 204 valence electrons. The van der Waals surface area contributed by atoms with Gasteiger partial charge in [0, 0.05) is 44.1 Å². The summed E-state index contributed by atoms with van der Waals surface area (Å²) >= 11 is 0. The van der Waals surface area contributed by atoms with E-state index in [1.165, 1.54) is 10.7 Å². The molecule has 1 amide bonds. The summed E-state index contributed by atoms with van der Waals surface area (Å²) in [5.74, 6) is -0.294. The van der Waals surface area contributed by atoms with Gasteiger partial charge in [-0.25, -0.2) is 14.5 Å². The SMILES string of the molecule is Cn1c(=O)n(C2CCN(C(=O)c3cc(-c4ccncc4)n(-c4ccc(C(F)(F)F)nc4)n3)CC2)c2ccccc21. The van der Waals surface area contributed by atoms with Gasteiger partial charge in [0.15, 0.2) is 5.69 Å². The standard InChI is InChI=1S/C28H24F3N7O2/c1-35-22-4-2-3-5-23(22)37(27(35)40)19-10-14-36(15-11-19)26(39)21-16-24(18-8-12-32-13-9-18)38(34-21)20-6-7-25(33-17-20)28(29,30)31/h2-9,12-13,16-17,19H,10-11,14-15H2,1H3. The molecule has 4 aromatic heterocycles. The van der Waals surface area contributed by atoms with E-state index >= 15 is 0 Å². The first-order valence-electron chi connectivity index (χ1n) is 12.7. The number of para-hydroxylation sites is 2. The van der Waals surface area contributed by atoms with Crippen molar-refractivity contribution >= 4 is 16.9 Å². The van der Waals surface area contributed by atoms with Crippen molar-refractivity contribution in [1.82, 2.24) is 33.8 Å². The largest absolute Gasteiger partial charge is 0.433 e. The van der Waals surface area contributed by atoms with Gasteiger partial charge in [0.05, 0.1) is 28.6 Å². The second-order valence-electron chi connectivity index (χ2n) is 9.69. The summed E-state index contributed by atoms with van der Waals surface area (Å²) in [5, 5.41) is 4.48. The fraction of sp³-hybridized carbons (Fsp3) is 0.250. The van der Waals surface area contributed by atoms with Gasteiger partial charge in [-0.15, -0.1) is 0 Å². The molecule has 0 saturated carbocycles. The third-order valence-electron chi connectivity index (χ3n) is 7.30. The molecule has 1 saturated heterocycles. The summed E-state index contributed by atoms with van der Waals surface area (Å²) in [4.78, 5) is 35.8. The first-order valence-corrected chi connectivity index (χ1v) is 12.7. The van der Waals surface area contributed by atoms with Crippen LogP contribution in [0, 0.1) is 0 Å². The molecule has 0 radical (unpaired) electrons. The molecule has 1 aliphatic heterocycles. The second-order valence-corrected chi connectivity index (χ2v) is 9.69. The Morgan fingerprint density at radius 1 is 0.975 bits per heavy atom. The summed E-state index contributed by atoms with van der Waals surface area (Å²) < 4.78 is 44.0. The van der Waals surface area contributed by atoms with Crippen LogP contribution < -0.4 is 5.69 Å². The van der Waals surface area contributed by atoms with E-state index in [-0.39, 0.29) is 29.0 Å². The van der Waals surface area contributed by atoms with Crippen LogP contribution in [0.25, 0.3) is 28.0 Å². The van der Waals surface area contributed by atoms with Gasteiger partial charge < -0.3 is 4.90 Å². The molecule has 0 N–H and O–H groups in total. The number of amides is 1. The number of aromatic nitrogens is 6. The van der Waals surface area contributed by atoms with Gasteiger partial charge in [-0.05, 0) is 55.3 Å². The predicted molar refractivity (Wildman–Crippen MR) is 141 cm³/mol. The lowest BCUT2D eigenvalue weighted by Gasteiger charge is -2.32. The number of pyridine rings is 2. The van der Waals surface area contributed by atoms with Gasteiger partial charge >= 0.3 is 11.9 Å². The maximum atomic E-state index is 13.5. The topological polar surface area (TPSA) is 90.8 Å². The number of piperidine rings is 1. The molecule has 9 nitrogen and oxygen atoms in total. The van der Waals surface area contributed by atoms with Crippen LogP contribution >= 0.6 is 0 Å². The Labute approximate surface area is 226 Å². The zero-order valence-electron chi connectivity index (χ0n) is 21.4. The summed E-state index contributed by atoms with van der Waals surface area (Å²) in [7, 11) is 1.75. The predicted octanol–water partition coefficient (Wildman–Crippen LogP) is 4.48. The maximum absolute atomic E-state index is 13.5. The number of imidazole rings is 1. The lowest BCUT2D eigenvalue weighted by Crippen LogP contribution is -2.41. The van der Waals surface area contributed by atoms with Gasteiger partial charge in [-0.3, -0.25) is 18.9 Å². The Balaban J connectivity index is 1.27. The molecule has 0 unspecified atom stereocenters. The number of likely N-dealkylation sites (tertiary alicyclic amines) is 1. The molecule has 0 bridgehead atoms. The first kappa shape index (κ1) is 25.5. The number of benzene rings is 1. The van der Waals surface area contributed by atoms with E-state index in [0.29, 0.717) is 37.2 Å². The number of carbonyl (C=O) groups is 1. The molecule has 6 rings (SSSR count). The van der Waals surface area contributed by atoms with Crippen molar-refractivity contribution in [3.63, 3.8) is 0 Å². The Morgan fingerprint density at radius 3 is 2.33 bits per heavy atom. The minimum atomic E-state index is -4.57. The second kappa shape index (κ2) is 9.78. The Kier molecular flexibility index (Phi) is 6.24. The minimum Gasteiger partial charge on any atom is -0.337 e. The number of fused-ring (bicyclic) bond motifs is 1. The average molecular weight is 548 g/mol. The number of aryl methyl sites for hydroxylation is 1. The van der Waals surface area contributed by atoms with Crippen molar-refractivity contribution in [3.05, 3.63) is 95.1 Å². The monoisotopic (exact) mass is 547 g/mol. The molecular weight excluding hydrogens is 523 g/mol. The number of hydrogen-bond donors (Lipinski definition) is 0. The highest BCUT2D eigenvalue weighted by molar-refractivity contribution is 5.93. The molecule has 0 atom stereocenters. The van der Waals surface area contributed by atoms with Gasteiger partial charge in [-0.1, -0.05) is 12.1 Å². The first-order chi connectivity index (χ1) is 19.2. The zero-order valence-corrected chi connectivity index (χ0v) is 21.4. The lowest BCUT2D eigenvalue weighted by molar-refractivity contribution is -0.141. The molecule has 40 heavy (non-hydrogen) atoms. The van der Waals surface area contributed by atoms with Crippen molar-refractivity contribution in [3.8, 4) is 16.9 Å². The van der Waals surface area contributed by atoms with E-state index in [1.54, 1.807) is 47.1 Å².